The number of methoxy groups -OCH3 is 1. The van der Waals surface area contributed by atoms with Crippen molar-refractivity contribution in [2.75, 3.05) is 25.5 Å². The van der Waals surface area contributed by atoms with Crippen LogP contribution in [0, 0.1) is 6.92 Å². The van der Waals surface area contributed by atoms with E-state index in [4.69, 9.17) is 9.84 Å². The van der Waals surface area contributed by atoms with E-state index in [2.05, 4.69) is 65.8 Å². The quantitative estimate of drug-likeness (QED) is 0.177. The number of rotatable bonds is 9. The molecule has 1 saturated heterocycles. The Morgan fingerprint density at radius 3 is 2.46 bits per heavy atom. The fraction of sp³-hybridized carbons (Fsp3) is 0.308. The number of nitrogens with one attached hydrogen (secondary N) is 1. The Labute approximate surface area is 281 Å². The molecule has 4 heterocycles. The SMILES string of the molecule is COc1ccc(Cn2cc(-c3cc4n(-c5cc(NC(=O)c6cc(CN7CCCC7)cc(C(C)(C)C)c6)ccc5C)ccn4n3)cn2)cc1. The highest BCUT2D eigenvalue weighted by Crippen LogP contribution is 2.28. The number of anilines is 1. The van der Waals surface area contributed by atoms with Crippen LogP contribution in [0.1, 0.15) is 66.2 Å². The number of likely N-dealkylation sites (tertiary alicyclic amines) is 1. The molecule has 6 aromatic rings. The molecule has 0 bridgehead atoms. The van der Waals surface area contributed by atoms with Gasteiger partial charge in [0.15, 0.2) is 0 Å². The lowest BCUT2D eigenvalue weighted by Crippen LogP contribution is -2.21. The standard InChI is InChI=1S/C39H43N7O2/c1-27-8-11-33(41-38(47)30-18-29(24-43-14-6-7-15-43)19-32(20-30)39(2,3)4)21-36(27)45-16-17-46-37(45)22-35(42-46)31-23-40-44(26-31)25-28-9-12-34(48-5)13-10-28/h8-13,16-23,26H,6-7,14-15,24-25H2,1-5H3,(H,41,47). The van der Waals surface area contributed by atoms with E-state index in [0.717, 1.165) is 64.8 Å². The highest BCUT2D eigenvalue weighted by atomic mass is 16.5. The highest BCUT2D eigenvalue weighted by molar-refractivity contribution is 6.04. The molecule has 0 aliphatic carbocycles. The zero-order valence-corrected chi connectivity index (χ0v) is 28.4. The predicted octanol–water partition coefficient (Wildman–Crippen LogP) is 7.50. The third-order valence-corrected chi connectivity index (χ3v) is 9.20. The van der Waals surface area contributed by atoms with Gasteiger partial charge in [-0.05, 0) is 96.9 Å². The van der Waals surface area contributed by atoms with Crippen molar-refractivity contribution < 1.29 is 9.53 Å². The van der Waals surface area contributed by atoms with Gasteiger partial charge in [-0.3, -0.25) is 18.9 Å². The van der Waals surface area contributed by atoms with Crippen molar-refractivity contribution in [1.29, 1.82) is 0 Å². The number of hydrogen-bond acceptors (Lipinski definition) is 5. The molecule has 0 spiro atoms. The maximum absolute atomic E-state index is 13.7. The minimum atomic E-state index is -0.102. The number of benzene rings is 3. The molecule has 48 heavy (non-hydrogen) atoms. The maximum Gasteiger partial charge on any atom is 0.255 e. The van der Waals surface area contributed by atoms with Crippen molar-refractivity contribution in [1.82, 2.24) is 28.9 Å². The first-order chi connectivity index (χ1) is 23.1. The lowest BCUT2D eigenvalue weighted by molar-refractivity contribution is 0.102. The minimum Gasteiger partial charge on any atom is -0.497 e. The van der Waals surface area contributed by atoms with Gasteiger partial charge in [0.1, 0.15) is 11.4 Å². The smallest absolute Gasteiger partial charge is 0.255 e. The number of imidazole rings is 1. The van der Waals surface area contributed by atoms with E-state index in [9.17, 15) is 4.79 Å². The van der Waals surface area contributed by atoms with E-state index in [1.165, 1.54) is 24.0 Å². The molecule has 1 N–H and O–H groups in total. The van der Waals surface area contributed by atoms with Gasteiger partial charge < -0.3 is 10.1 Å². The molecule has 3 aromatic heterocycles. The number of hydrogen-bond donors (Lipinski definition) is 1. The molecule has 7 rings (SSSR count). The molecule has 0 radical (unpaired) electrons. The average Bonchev–Trinajstić information content (AvgIpc) is 3.88. The topological polar surface area (TPSA) is 81.6 Å². The minimum absolute atomic E-state index is 0.0633. The number of carbonyl (C=O) groups excluding carboxylic acids is 1. The fourth-order valence-corrected chi connectivity index (χ4v) is 6.42. The molecule has 0 saturated carbocycles. The molecule has 3 aromatic carbocycles. The fourth-order valence-electron chi connectivity index (χ4n) is 6.42. The molecule has 246 valence electrons. The Balaban J connectivity index is 1.12. The van der Waals surface area contributed by atoms with Gasteiger partial charge in [-0.2, -0.15) is 10.2 Å². The van der Waals surface area contributed by atoms with Crippen LogP contribution < -0.4 is 10.1 Å². The van der Waals surface area contributed by atoms with E-state index in [1.54, 1.807) is 7.11 Å². The Bertz CT molecular complexity index is 2070. The molecule has 9 heteroatoms. The van der Waals surface area contributed by atoms with Crippen molar-refractivity contribution in [3.63, 3.8) is 0 Å². The summed E-state index contributed by atoms with van der Waals surface area (Å²) in [4.78, 5) is 16.2. The van der Waals surface area contributed by atoms with E-state index >= 15 is 0 Å². The summed E-state index contributed by atoms with van der Waals surface area (Å²) in [5, 5.41) is 12.6. The van der Waals surface area contributed by atoms with Crippen LogP contribution in [0.25, 0.3) is 22.6 Å². The second kappa shape index (κ2) is 12.8. The summed E-state index contributed by atoms with van der Waals surface area (Å²) >= 11 is 0. The molecule has 0 atom stereocenters. The molecule has 1 aliphatic heterocycles. The molecule has 9 nitrogen and oxygen atoms in total. The van der Waals surface area contributed by atoms with Gasteiger partial charge in [0, 0.05) is 48.0 Å². The van der Waals surface area contributed by atoms with E-state index in [0.29, 0.717) is 12.1 Å². The number of ether oxygens (including phenoxy) is 1. The van der Waals surface area contributed by atoms with Gasteiger partial charge in [0.05, 0.1) is 31.2 Å². The van der Waals surface area contributed by atoms with Crippen LogP contribution in [-0.2, 0) is 18.5 Å². The predicted molar refractivity (Wildman–Crippen MR) is 190 cm³/mol. The maximum atomic E-state index is 13.7. The van der Waals surface area contributed by atoms with E-state index < -0.39 is 0 Å². The van der Waals surface area contributed by atoms with Crippen LogP contribution in [0.4, 0.5) is 5.69 Å². The number of aryl methyl sites for hydroxylation is 1. The van der Waals surface area contributed by atoms with Crippen LogP contribution in [0.3, 0.4) is 0 Å². The monoisotopic (exact) mass is 641 g/mol. The molecule has 1 fully saturated rings. The summed E-state index contributed by atoms with van der Waals surface area (Å²) in [5.74, 6) is 0.732. The third-order valence-electron chi connectivity index (χ3n) is 9.20. The second-order valence-corrected chi connectivity index (χ2v) is 13.9. The Morgan fingerprint density at radius 1 is 0.917 bits per heavy atom. The van der Waals surface area contributed by atoms with Crippen LogP contribution >= 0.6 is 0 Å². The van der Waals surface area contributed by atoms with Gasteiger partial charge in [-0.15, -0.1) is 0 Å². The molecule has 1 aliphatic rings. The van der Waals surface area contributed by atoms with Crippen LogP contribution in [0.2, 0.25) is 0 Å². The van der Waals surface area contributed by atoms with E-state index in [-0.39, 0.29) is 11.3 Å². The van der Waals surface area contributed by atoms with Crippen LogP contribution in [-0.4, -0.2) is 55.0 Å². The number of carbonyl (C=O) groups is 1. The third kappa shape index (κ3) is 6.64. The van der Waals surface area contributed by atoms with Gasteiger partial charge >= 0.3 is 0 Å². The van der Waals surface area contributed by atoms with Crippen LogP contribution in [0.15, 0.2) is 91.5 Å². The first-order valence-electron chi connectivity index (χ1n) is 16.6. The van der Waals surface area contributed by atoms with Crippen molar-refractivity contribution in [3.8, 4) is 22.7 Å². The largest absolute Gasteiger partial charge is 0.497 e. The summed E-state index contributed by atoms with van der Waals surface area (Å²) in [6.07, 6.45) is 10.3. The summed E-state index contributed by atoms with van der Waals surface area (Å²) in [7, 11) is 1.67. The summed E-state index contributed by atoms with van der Waals surface area (Å²) in [6, 6.07) is 22.5. The van der Waals surface area contributed by atoms with Crippen molar-refractivity contribution >= 4 is 17.2 Å². The second-order valence-electron chi connectivity index (χ2n) is 13.9. The first kappa shape index (κ1) is 31.4. The lowest BCUT2D eigenvalue weighted by atomic mass is 9.85. The Kier molecular flexibility index (Phi) is 8.39. The molecular formula is C39H43N7O2. The average molecular weight is 642 g/mol. The number of nitrogens with zero attached hydrogens (tertiary/aromatic N) is 6. The summed E-state index contributed by atoms with van der Waals surface area (Å²) < 4.78 is 11.2. The number of amides is 1. The van der Waals surface area contributed by atoms with Gasteiger partial charge in [0.25, 0.3) is 5.91 Å². The number of aromatic nitrogens is 5. The summed E-state index contributed by atoms with van der Waals surface area (Å²) in [6.45, 7) is 12.4. The van der Waals surface area contributed by atoms with Crippen molar-refractivity contribution in [2.24, 2.45) is 0 Å². The number of fused-ring (bicyclic) bond motifs is 1. The summed E-state index contributed by atoms with van der Waals surface area (Å²) in [5.41, 5.74) is 9.64. The molecule has 1 amide bonds. The zero-order valence-electron chi connectivity index (χ0n) is 28.4. The highest BCUT2D eigenvalue weighted by Gasteiger charge is 2.20. The van der Waals surface area contributed by atoms with Gasteiger partial charge in [-0.1, -0.05) is 45.0 Å². The van der Waals surface area contributed by atoms with Gasteiger partial charge in [-0.25, -0.2) is 4.52 Å². The Morgan fingerprint density at radius 2 is 1.71 bits per heavy atom. The lowest BCUT2D eigenvalue weighted by Gasteiger charge is -2.23. The van der Waals surface area contributed by atoms with Gasteiger partial charge in [0.2, 0.25) is 0 Å². The van der Waals surface area contributed by atoms with E-state index in [1.807, 2.05) is 82.5 Å². The van der Waals surface area contributed by atoms with Crippen molar-refractivity contribution in [3.05, 3.63) is 119 Å². The Hall–Kier alpha value is -5.15. The molecular weight excluding hydrogens is 598 g/mol. The zero-order chi connectivity index (χ0) is 33.4. The normalized spacial score (nSPS) is 13.8. The molecule has 0 unspecified atom stereocenters. The van der Waals surface area contributed by atoms with Crippen LogP contribution in [0.5, 0.6) is 5.75 Å². The first-order valence-corrected chi connectivity index (χ1v) is 16.6. The van der Waals surface area contributed by atoms with Crippen molar-refractivity contribution in [2.45, 2.75) is 59.0 Å².